The van der Waals surface area contributed by atoms with Gasteiger partial charge in [0.15, 0.2) is 0 Å². The molecule has 2 aliphatic rings. The fourth-order valence-corrected chi connectivity index (χ4v) is 3.12. The third kappa shape index (κ3) is 2.33. The SMILES string of the molecule is CCC(C)C(N)C(=O)N1CC2CCC(O)C2C1. The van der Waals surface area contributed by atoms with Crippen LogP contribution in [0.3, 0.4) is 0 Å². The van der Waals surface area contributed by atoms with Gasteiger partial charge in [0, 0.05) is 19.0 Å². The molecule has 5 unspecified atom stereocenters. The Morgan fingerprint density at radius 1 is 1.47 bits per heavy atom. The zero-order valence-electron chi connectivity index (χ0n) is 10.8. The molecule has 1 saturated heterocycles. The second-order valence-electron chi connectivity index (χ2n) is 5.72. The molecule has 0 radical (unpaired) electrons. The molecule has 2 fully saturated rings. The Labute approximate surface area is 103 Å². The van der Waals surface area contributed by atoms with E-state index in [0.717, 1.165) is 25.8 Å². The number of amides is 1. The molecule has 98 valence electrons. The highest BCUT2D eigenvalue weighted by Gasteiger charge is 2.44. The number of nitrogens with two attached hydrogens (primary N) is 1. The number of fused-ring (bicyclic) bond motifs is 1. The van der Waals surface area contributed by atoms with Crippen molar-refractivity contribution in [2.45, 2.75) is 45.3 Å². The van der Waals surface area contributed by atoms with E-state index in [-0.39, 0.29) is 24.0 Å². The Bertz CT molecular complexity index is 295. The fraction of sp³-hybridized carbons (Fsp3) is 0.923. The quantitative estimate of drug-likeness (QED) is 0.758. The van der Waals surface area contributed by atoms with Gasteiger partial charge in [-0.2, -0.15) is 0 Å². The van der Waals surface area contributed by atoms with Gasteiger partial charge in [-0.15, -0.1) is 0 Å². The van der Waals surface area contributed by atoms with Crippen LogP contribution in [0.4, 0.5) is 0 Å². The zero-order valence-corrected chi connectivity index (χ0v) is 10.8. The molecule has 1 heterocycles. The van der Waals surface area contributed by atoms with Crippen molar-refractivity contribution in [3.05, 3.63) is 0 Å². The van der Waals surface area contributed by atoms with Crippen molar-refractivity contribution >= 4 is 5.91 Å². The fourth-order valence-electron chi connectivity index (χ4n) is 3.12. The summed E-state index contributed by atoms with van der Waals surface area (Å²) in [6.07, 6.45) is 2.66. The second-order valence-corrected chi connectivity index (χ2v) is 5.72. The molecule has 5 atom stereocenters. The lowest BCUT2D eigenvalue weighted by atomic mass is 9.99. The van der Waals surface area contributed by atoms with Crippen LogP contribution >= 0.6 is 0 Å². The topological polar surface area (TPSA) is 66.6 Å². The van der Waals surface area contributed by atoms with E-state index in [9.17, 15) is 9.90 Å². The van der Waals surface area contributed by atoms with Crippen LogP contribution in [0.25, 0.3) is 0 Å². The Balaban J connectivity index is 1.94. The standard InChI is InChI=1S/C13H24N2O2/c1-3-8(2)12(14)13(17)15-6-9-4-5-11(16)10(9)7-15/h8-12,16H,3-7,14H2,1-2H3. The number of hydrogen-bond acceptors (Lipinski definition) is 3. The highest BCUT2D eigenvalue weighted by Crippen LogP contribution is 2.38. The molecule has 0 spiro atoms. The first-order chi connectivity index (χ1) is 8.04. The monoisotopic (exact) mass is 240 g/mol. The number of likely N-dealkylation sites (tertiary alicyclic amines) is 1. The van der Waals surface area contributed by atoms with Crippen LogP contribution < -0.4 is 5.73 Å². The summed E-state index contributed by atoms with van der Waals surface area (Å²) in [7, 11) is 0. The van der Waals surface area contributed by atoms with Crippen molar-refractivity contribution < 1.29 is 9.90 Å². The Kier molecular flexibility index (Phi) is 3.73. The summed E-state index contributed by atoms with van der Waals surface area (Å²) in [4.78, 5) is 14.1. The normalized spacial score (nSPS) is 35.8. The molecule has 4 heteroatoms. The summed E-state index contributed by atoms with van der Waals surface area (Å²) < 4.78 is 0. The van der Waals surface area contributed by atoms with Crippen LogP contribution in [0.5, 0.6) is 0 Å². The average Bonchev–Trinajstić information content (AvgIpc) is 2.89. The lowest BCUT2D eigenvalue weighted by Crippen LogP contribution is -2.46. The number of carbonyl (C=O) groups excluding carboxylic acids is 1. The molecule has 0 aromatic carbocycles. The third-order valence-electron chi connectivity index (χ3n) is 4.67. The maximum absolute atomic E-state index is 12.2. The first kappa shape index (κ1) is 12.8. The molecule has 1 amide bonds. The minimum Gasteiger partial charge on any atom is -0.393 e. The lowest BCUT2D eigenvalue weighted by molar-refractivity contribution is -0.133. The van der Waals surface area contributed by atoms with Gasteiger partial charge in [-0.05, 0) is 24.7 Å². The molecule has 0 aromatic rings. The molecule has 1 aliphatic heterocycles. The van der Waals surface area contributed by atoms with E-state index in [2.05, 4.69) is 6.92 Å². The van der Waals surface area contributed by atoms with Gasteiger partial charge >= 0.3 is 0 Å². The Hall–Kier alpha value is -0.610. The maximum atomic E-state index is 12.2. The van der Waals surface area contributed by atoms with Crippen LogP contribution in [-0.4, -0.2) is 41.1 Å². The number of nitrogens with zero attached hydrogens (tertiary/aromatic N) is 1. The summed E-state index contributed by atoms with van der Waals surface area (Å²) in [6, 6.07) is -0.379. The molecule has 0 bridgehead atoms. The minimum absolute atomic E-state index is 0.0703. The first-order valence-electron chi connectivity index (χ1n) is 6.77. The molecular formula is C13H24N2O2. The molecule has 2 rings (SSSR count). The van der Waals surface area contributed by atoms with Gasteiger partial charge in [0.1, 0.15) is 0 Å². The van der Waals surface area contributed by atoms with E-state index in [1.165, 1.54) is 0 Å². The number of rotatable bonds is 3. The first-order valence-corrected chi connectivity index (χ1v) is 6.77. The number of carbonyl (C=O) groups is 1. The van der Waals surface area contributed by atoms with Crippen molar-refractivity contribution in [2.75, 3.05) is 13.1 Å². The molecule has 1 saturated carbocycles. The molecule has 3 N–H and O–H groups in total. The van der Waals surface area contributed by atoms with E-state index >= 15 is 0 Å². The van der Waals surface area contributed by atoms with Gasteiger partial charge in [0.05, 0.1) is 12.1 Å². The summed E-state index contributed by atoms with van der Waals surface area (Å²) in [6.45, 7) is 5.58. The predicted octanol–water partition coefficient (Wildman–Crippen LogP) is 0.589. The van der Waals surface area contributed by atoms with Gasteiger partial charge in [-0.3, -0.25) is 4.79 Å². The van der Waals surface area contributed by atoms with Crippen LogP contribution in [0, 0.1) is 17.8 Å². The van der Waals surface area contributed by atoms with E-state index in [1.807, 2.05) is 11.8 Å². The maximum Gasteiger partial charge on any atom is 0.239 e. The van der Waals surface area contributed by atoms with Crippen LogP contribution in [0.15, 0.2) is 0 Å². The number of aliphatic hydroxyl groups excluding tert-OH is 1. The summed E-state index contributed by atoms with van der Waals surface area (Å²) in [5.74, 6) is 1.09. The highest BCUT2D eigenvalue weighted by molar-refractivity contribution is 5.82. The van der Waals surface area contributed by atoms with Gasteiger partial charge in [0.2, 0.25) is 5.91 Å². The Morgan fingerprint density at radius 3 is 2.76 bits per heavy atom. The summed E-state index contributed by atoms with van der Waals surface area (Å²) in [5.41, 5.74) is 5.98. The van der Waals surface area contributed by atoms with Crippen molar-refractivity contribution in [1.29, 1.82) is 0 Å². The van der Waals surface area contributed by atoms with E-state index in [0.29, 0.717) is 18.4 Å². The predicted molar refractivity (Wildman–Crippen MR) is 66.2 cm³/mol. The largest absolute Gasteiger partial charge is 0.393 e. The van der Waals surface area contributed by atoms with Crippen LogP contribution in [0.2, 0.25) is 0 Å². The average molecular weight is 240 g/mol. The molecule has 4 nitrogen and oxygen atoms in total. The third-order valence-corrected chi connectivity index (χ3v) is 4.67. The van der Waals surface area contributed by atoms with E-state index in [1.54, 1.807) is 0 Å². The van der Waals surface area contributed by atoms with E-state index in [4.69, 9.17) is 5.73 Å². The second kappa shape index (κ2) is 4.94. The van der Waals surface area contributed by atoms with Crippen molar-refractivity contribution in [2.24, 2.45) is 23.5 Å². The Morgan fingerprint density at radius 2 is 2.18 bits per heavy atom. The van der Waals surface area contributed by atoms with Crippen LogP contribution in [0.1, 0.15) is 33.1 Å². The summed E-state index contributed by atoms with van der Waals surface area (Å²) >= 11 is 0. The zero-order chi connectivity index (χ0) is 12.6. The van der Waals surface area contributed by atoms with Crippen LogP contribution in [-0.2, 0) is 4.79 Å². The summed E-state index contributed by atoms with van der Waals surface area (Å²) in [5, 5.41) is 9.82. The molecule has 0 aromatic heterocycles. The van der Waals surface area contributed by atoms with Gasteiger partial charge in [0.25, 0.3) is 0 Å². The molecule has 17 heavy (non-hydrogen) atoms. The van der Waals surface area contributed by atoms with Crippen molar-refractivity contribution in [3.63, 3.8) is 0 Å². The van der Waals surface area contributed by atoms with Gasteiger partial charge in [-0.1, -0.05) is 20.3 Å². The van der Waals surface area contributed by atoms with Crippen molar-refractivity contribution in [1.82, 2.24) is 4.90 Å². The molecular weight excluding hydrogens is 216 g/mol. The molecule has 1 aliphatic carbocycles. The lowest BCUT2D eigenvalue weighted by Gasteiger charge is -2.25. The number of hydrogen-bond donors (Lipinski definition) is 2. The van der Waals surface area contributed by atoms with Gasteiger partial charge < -0.3 is 15.7 Å². The van der Waals surface area contributed by atoms with Crippen molar-refractivity contribution in [3.8, 4) is 0 Å². The minimum atomic E-state index is -0.379. The van der Waals surface area contributed by atoms with E-state index < -0.39 is 0 Å². The number of aliphatic hydroxyl groups is 1. The van der Waals surface area contributed by atoms with Gasteiger partial charge in [-0.25, -0.2) is 0 Å². The highest BCUT2D eigenvalue weighted by atomic mass is 16.3. The smallest absolute Gasteiger partial charge is 0.239 e.